The van der Waals surface area contributed by atoms with E-state index in [4.69, 9.17) is 5.73 Å². The number of aromatic nitrogens is 5. The van der Waals surface area contributed by atoms with Gasteiger partial charge in [0.15, 0.2) is 5.65 Å². The number of benzene rings is 1. The van der Waals surface area contributed by atoms with Crippen molar-refractivity contribution in [2.45, 2.75) is 13.8 Å². The number of imidazole rings is 1. The highest BCUT2D eigenvalue weighted by Crippen LogP contribution is 2.36. The van der Waals surface area contributed by atoms with Crippen molar-refractivity contribution in [2.24, 2.45) is 0 Å². The standard InChI is InChI=1S/C20H18N8O/c1-3-23-19(29)15-10-28-18(25-15)16(14-9-24-27-11(14)2)17(26-20(28)22)13-6-4-5-12(7-13)8-21/h4-7,9-10H,3H2,1-2H3,(H2,22,26)(H,23,29)(H,24,27). The summed E-state index contributed by atoms with van der Waals surface area (Å²) in [7, 11) is 0. The van der Waals surface area contributed by atoms with Gasteiger partial charge in [0, 0.05) is 29.6 Å². The first kappa shape index (κ1) is 18.2. The number of nitrogens with one attached hydrogen (secondary N) is 2. The predicted molar refractivity (Wildman–Crippen MR) is 108 cm³/mol. The number of aromatic amines is 1. The zero-order chi connectivity index (χ0) is 20.5. The zero-order valence-corrected chi connectivity index (χ0v) is 15.9. The van der Waals surface area contributed by atoms with Crippen LogP contribution in [0, 0.1) is 18.3 Å². The molecule has 0 aliphatic carbocycles. The lowest BCUT2D eigenvalue weighted by Crippen LogP contribution is -2.22. The van der Waals surface area contributed by atoms with Gasteiger partial charge in [-0.25, -0.2) is 9.97 Å². The number of nitrogens with zero attached hydrogens (tertiary/aromatic N) is 5. The molecule has 0 saturated heterocycles. The number of hydrogen-bond acceptors (Lipinski definition) is 6. The molecule has 0 fully saturated rings. The molecule has 3 heterocycles. The Balaban J connectivity index is 2.06. The van der Waals surface area contributed by atoms with Crippen LogP contribution in [0.15, 0.2) is 36.7 Å². The van der Waals surface area contributed by atoms with Crippen molar-refractivity contribution in [3.8, 4) is 28.5 Å². The lowest BCUT2D eigenvalue weighted by atomic mass is 9.99. The summed E-state index contributed by atoms with van der Waals surface area (Å²) < 4.78 is 1.59. The molecule has 0 spiro atoms. The number of hydrogen-bond donors (Lipinski definition) is 3. The van der Waals surface area contributed by atoms with E-state index in [1.54, 1.807) is 35.0 Å². The molecule has 9 nitrogen and oxygen atoms in total. The SMILES string of the molecule is CCNC(=O)c1cn2c(N)nc(-c3cccc(C#N)c3)c(-c3cn[nH]c3C)c2n1. The summed E-state index contributed by atoms with van der Waals surface area (Å²) in [5.41, 5.74) is 11.0. The van der Waals surface area contributed by atoms with E-state index in [2.05, 4.69) is 31.6 Å². The van der Waals surface area contributed by atoms with Gasteiger partial charge in [-0.1, -0.05) is 12.1 Å². The number of nitriles is 1. The highest BCUT2D eigenvalue weighted by atomic mass is 16.1. The van der Waals surface area contributed by atoms with E-state index >= 15 is 0 Å². The van der Waals surface area contributed by atoms with Crippen LogP contribution in [0.3, 0.4) is 0 Å². The third-order valence-corrected chi connectivity index (χ3v) is 4.57. The molecule has 144 valence electrons. The van der Waals surface area contributed by atoms with Crippen molar-refractivity contribution < 1.29 is 4.79 Å². The summed E-state index contributed by atoms with van der Waals surface area (Å²) in [6.07, 6.45) is 3.25. The van der Waals surface area contributed by atoms with Crippen LogP contribution in [0.5, 0.6) is 0 Å². The Kier molecular flexibility index (Phi) is 4.44. The largest absolute Gasteiger partial charge is 0.369 e. The number of aryl methyl sites for hydroxylation is 1. The number of nitrogen functional groups attached to an aromatic ring is 1. The monoisotopic (exact) mass is 386 g/mol. The maximum atomic E-state index is 12.3. The lowest BCUT2D eigenvalue weighted by Gasteiger charge is -2.12. The van der Waals surface area contributed by atoms with Crippen molar-refractivity contribution in [3.05, 3.63) is 53.6 Å². The fourth-order valence-electron chi connectivity index (χ4n) is 3.22. The van der Waals surface area contributed by atoms with E-state index in [1.165, 1.54) is 0 Å². The van der Waals surface area contributed by atoms with Crippen LogP contribution in [0.2, 0.25) is 0 Å². The van der Waals surface area contributed by atoms with Crippen LogP contribution in [0.25, 0.3) is 28.0 Å². The average molecular weight is 386 g/mol. The van der Waals surface area contributed by atoms with Gasteiger partial charge in [0.1, 0.15) is 5.69 Å². The predicted octanol–water partition coefficient (Wildman–Crippen LogP) is 2.30. The Hall–Kier alpha value is -4.19. The third kappa shape index (κ3) is 3.06. The van der Waals surface area contributed by atoms with E-state index in [-0.39, 0.29) is 17.5 Å². The molecule has 4 N–H and O–H groups in total. The van der Waals surface area contributed by atoms with Gasteiger partial charge in [0.25, 0.3) is 5.91 Å². The van der Waals surface area contributed by atoms with E-state index in [9.17, 15) is 10.1 Å². The van der Waals surface area contributed by atoms with E-state index in [0.717, 1.165) is 16.8 Å². The van der Waals surface area contributed by atoms with Crippen LogP contribution in [0.4, 0.5) is 5.95 Å². The number of amides is 1. The Bertz CT molecular complexity index is 1280. The molecule has 3 aromatic heterocycles. The summed E-state index contributed by atoms with van der Waals surface area (Å²) in [5.74, 6) is -0.108. The highest BCUT2D eigenvalue weighted by molar-refractivity contribution is 5.96. The van der Waals surface area contributed by atoms with E-state index < -0.39 is 0 Å². The zero-order valence-electron chi connectivity index (χ0n) is 15.9. The number of H-pyrrole nitrogens is 1. The Morgan fingerprint density at radius 2 is 2.21 bits per heavy atom. The molecule has 0 aliphatic heterocycles. The summed E-state index contributed by atoms with van der Waals surface area (Å²) >= 11 is 0. The Morgan fingerprint density at radius 1 is 1.38 bits per heavy atom. The Labute approximate surface area is 166 Å². The molecule has 1 amide bonds. The summed E-state index contributed by atoms with van der Waals surface area (Å²) in [6.45, 7) is 4.21. The van der Waals surface area contributed by atoms with Gasteiger partial charge in [0.2, 0.25) is 5.95 Å². The minimum Gasteiger partial charge on any atom is -0.369 e. The Morgan fingerprint density at radius 3 is 2.90 bits per heavy atom. The first-order valence-corrected chi connectivity index (χ1v) is 9.01. The molecule has 0 saturated carbocycles. The normalized spacial score (nSPS) is 10.8. The van der Waals surface area contributed by atoms with Crippen molar-refractivity contribution >= 4 is 17.5 Å². The van der Waals surface area contributed by atoms with Crippen molar-refractivity contribution in [1.82, 2.24) is 29.9 Å². The van der Waals surface area contributed by atoms with Crippen LogP contribution >= 0.6 is 0 Å². The second kappa shape index (κ2) is 7.09. The average Bonchev–Trinajstić information content (AvgIpc) is 3.35. The maximum Gasteiger partial charge on any atom is 0.271 e. The van der Waals surface area contributed by atoms with Crippen LogP contribution in [0.1, 0.15) is 28.7 Å². The van der Waals surface area contributed by atoms with Gasteiger partial charge in [-0.15, -0.1) is 0 Å². The number of carbonyl (C=O) groups is 1. The first-order chi connectivity index (χ1) is 14.0. The molecular formula is C20H18N8O. The smallest absolute Gasteiger partial charge is 0.271 e. The number of carbonyl (C=O) groups excluding carboxylic acids is 1. The molecular weight excluding hydrogens is 368 g/mol. The van der Waals surface area contributed by atoms with Crippen molar-refractivity contribution in [3.63, 3.8) is 0 Å². The first-order valence-electron chi connectivity index (χ1n) is 9.01. The lowest BCUT2D eigenvalue weighted by molar-refractivity contribution is 0.0951. The molecule has 4 rings (SSSR count). The summed E-state index contributed by atoms with van der Waals surface area (Å²) in [6, 6.07) is 9.23. The summed E-state index contributed by atoms with van der Waals surface area (Å²) in [5, 5.41) is 19.0. The fourth-order valence-corrected chi connectivity index (χ4v) is 3.22. The third-order valence-electron chi connectivity index (χ3n) is 4.57. The molecule has 0 bridgehead atoms. The molecule has 1 aromatic carbocycles. The van der Waals surface area contributed by atoms with Gasteiger partial charge >= 0.3 is 0 Å². The van der Waals surface area contributed by atoms with Gasteiger partial charge < -0.3 is 11.1 Å². The molecule has 4 aromatic rings. The number of nitrogens with two attached hydrogens (primary N) is 1. The topological polar surface area (TPSA) is 138 Å². The molecule has 0 aliphatic rings. The van der Waals surface area contributed by atoms with Crippen molar-refractivity contribution in [2.75, 3.05) is 12.3 Å². The number of fused-ring (bicyclic) bond motifs is 1. The van der Waals surface area contributed by atoms with Gasteiger partial charge in [-0.05, 0) is 26.0 Å². The van der Waals surface area contributed by atoms with Gasteiger partial charge in [0.05, 0.1) is 29.1 Å². The minimum absolute atomic E-state index is 0.185. The van der Waals surface area contributed by atoms with Crippen LogP contribution < -0.4 is 11.1 Å². The fraction of sp³-hybridized carbons (Fsp3) is 0.150. The van der Waals surface area contributed by atoms with Gasteiger partial charge in [-0.3, -0.25) is 14.3 Å². The van der Waals surface area contributed by atoms with E-state index in [0.29, 0.717) is 29.0 Å². The second-order valence-corrected chi connectivity index (χ2v) is 6.47. The molecule has 29 heavy (non-hydrogen) atoms. The molecule has 0 radical (unpaired) electrons. The van der Waals surface area contributed by atoms with Crippen LogP contribution in [-0.2, 0) is 0 Å². The van der Waals surface area contributed by atoms with Crippen LogP contribution in [-0.4, -0.2) is 37.0 Å². The minimum atomic E-state index is -0.293. The number of anilines is 1. The van der Waals surface area contributed by atoms with Crippen molar-refractivity contribution in [1.29, 1.82) is 5.26 Å². The maximum absolute atomic E-state index is 12.3. The molecule has 0 unspecified atom stereocenters. The second-order valence-electron chi connectivity index (χ2n) is 6.47. The number of rotatable bonds is 4. The summed E-state index contributed by atoms with van der Waals surface area (Å²) in [4.78, 5) is 21.4. The molecule has 0 atom stereocenters. The van der Waals surface area contributed by atoms with E-state index in [1.807, 2.05) is 19.9 Å². The van der Waals surface area contributed by atoms with Gasteiger partial charge in [-0.2, -0.15) is 10.4 Å². The quantitative estimate of drug-likeness (QED) is 0.492. The molecule has 9 heteroatoms. The highest BCUT2D eigenvalue weighted by Gasteiger charge is 2.22.